The van der Waals surface area contributed by atoms with Gasteiger partial charge in [0.25, 0.3) is 17.5 Å². The lowest BCUT2D eigenvalue weighted by molar-refractivity contribution is -0.246. The summed E-state index contributed by atoms with van der Waals surface area (Å²) in [5, 5.41) is 42.2. The third-order valence-corrected chi connectivity index (χ3v) is 4.24. The second-order valence-electron chi connectivity index (χ2n) is 5.85. The van der Waals surface area contributed by atoms with Crippen LogP contribution in [0.3, 0.4) is 0 Å². The number of aliphatic hydroxyl groups excluding tert-OH is 2. The molecule has 0 aromatic carbocycles. The smallest absolute Gasteiger partial charge is 0.281 e. The topological polar surface area (TPSA) is 140 Å². The Bertz CT molecular complexity index is 534. The van der Waals surface area contributed by atoms with Gasteiger partial charge in [0.2, 0.25) is 5.72 Å². The van der Waals surface area contributed by atoms with Crippen molar-refractivity contribution < 1.29 is 34.8 Å². The molecule has 0 radical (unpaired) electrons. The van der Waals surface area contributed by atoms with Gasteiger partial charge >= 0.3 is 0 Å². The Hall–Kier alpha value is -1.52. The van der Waals surface area contributed by atoms with E-state index in [0.717, 1.165) is 14.0 Å². The average molecular weight is 316 g/mol. The van der Waals surface area contributed by atoms with Gasteiger partial charge in [-0.05, 0) is 18.9 Å². The molecule has 0 aromatic rings. The first-order valence-electron chi connectivity index (χ1n) is 6.71. The predicted octanol–water partition coefficient (Wildman–Crippen LogP) is -2.96. The van der Waals surface area contributed by atoms with Gasteiger partial charge in [0.05, 0.1) is 13.2 Å². The minimum atomic E-state index is -2.30. The van der Waals surface area contributed by atoms with Crippen molar-refractivity contribution in [2.45, 2.75) is 36.5 Å². The van der Waals surface area contributed by atoms with Crippen LogP contribution in [0.2, 0.25) is 0 Å². The first kappa shape index (κ1) is 16.8. The minimum Gasteiger partial charge on any atom is -0.393 e. The van der Waals surface area contributed by atoms with Gasteiger partial charge in [-0.1, -0.05) is 6.58 Å². The minimum absolute atomic E-state index is 0.0667. The van der Waals surface area contributed by atoms with Crippen molar-refractivity contribution in [1.29, 1.82) is 0 Å². The van der Waals surface area contributed by atoms with Crippen LogP contribution in [0.25, 0.3) is 0 Å². The Morgan fingerprint density at radius 2 is 2.14 bits per heavy atom. The Morgan fingerprint density at radius 1 is 1.55 bits per heavy atom. The number of hydrogen-bond acceptors (Lipinski definition) is 7. The van der Waals surface area contributed by atoms with Crippen LogP contribution in [0.15, 0.2) is 12.2 Å². The summed E-state index contributed by atoms with van der Waals surface area (Å²) in [6, 6.07) is 0. The quantitative estimate of drug-likeness (QED) is 0.350. The standard InChI is InChI=1S/C13H20N2O7/c1-7-4-5-22-12(8(17)11(2,20)6-16)10(19)15(3)13(7,21)9(18)14-12/h8,16-17,20-21H,1,4-6H2,2-3H3,(H,14,18)/t8-,11-,12-,13+/m0/s1. The van der Waals surface area contributed by atoms with Crippen LogP contribution in [0.4, 0.5) is 0 Å². The third-order valence-electron chi connectivity index (χ3n) is 4.24. The molecule has 0 aliphatic carbocycles. The predicted molar refractivity (Wildman–Crippen MR) is 72.0 cm³/mol. The van der Waals surface area contributed by atoms with Gasteiger partial charge in [-0.2, -0.15) is 0 Å². The molecule has 0 aromatic heterocycles. The van der Waals surface area contributed by atoms with E-state index in [2.05, 4.69) is 11.9 Å². The zero-order valence-electron chi connectivity index (χ0n) is 12.4. The highest BCUT2D eigenvalue weighted by Crippen LogP contribution is 2.37. The number of hydrogen-bond donors (Lipinski definition) is 5. The third kappa shape index (κ3) is 1.97. The van der Waals surface area contributed by atoms with Crippen molar-refractivity contribution in [2.24, 2.45) is 0 Å². The fraction of sp³-hybridized carbons (Fsp3) is 0.692. The molecular formula is C13H20N2O7. The lowest BCUT2D eigenvalue weighted by Crippen LogP contribution is -2.82. The van der Waals surface area contributed by atoms with E-state index in [0.29, 0.717) is 4.90 Å². The molecule has 0 unspecified atom stereocenters. The number of piperazine rings is 1. The van der Waals surface area contributed by atoms with Crippen molar-refractivity contribution in [2.75, 3.05) is 20.3 Å². The number of rotatable bonds is 3. The fourth-order valence-electron chi connectivity index (χ4n) is 2.65. The van der Waals surface area contributed by atoms with Crippen LogP contribution in [-0.4, -0.2) is 80.6 Å². The van der Waals surface area contributed by atoms with E-state index in [1.165, 1.54) is 0 Å². The maximum absolute atomic E-state index is 12.6. The molecule has 124 valence electrons. The van der Waals surface area contributed by atoms with E-state index < -0.39 is 41.6 Å². The van der Waals surface area contributed by atoms with Crippen molar-refractivity contribution in [3.05, 3.63) is 12.2 Å². The van der Waals surface area contributed by atoms with Gasteiger partial charge in [-0.25, -0.2) is 0 Å². The number of carbonyl (C=O) groups is 2. The molecular weight excluding hydrogens is 296 g/mol. The summed E-state index contributed by atoms with van der Waals surface area (Å²) in [7, 11) is 1.16. The van der Waals surface area contributed by atoms with Gasteiger partial charge in [0.15, 0.2) is 0 Å². The summed E-state index contributed by atoms with van der Waals surface area (Å²) in [5.74, 6) is -1.97. The van der Waals surface area contributed by atoms with Gasteiger partial charge < -0.3 is 35.4 Å². The molecule has 2 bridgehead atoms. The Balaban J connectivity index is 2.56. The highest BCUT2D eigenvalue weighted by molar-refractivity contribution is 6.02. The SMILES string of the molecule is C=C1CCO[C@]2([C@@H](O)[C@@](C)(O)CO)NC(=O)[C@@]1(O)N(C)C2=O. The molecule has 3 heterocycles. The van der Waals surface area contributed by atoms with E-state index >= 15 is 0 Å². The number of fused-ring (bicyclic) bond motifs is 5. The molecule has 3 aliphatic heterocycles. The zero-order chi connectivity index (χ0) is 16.9. The van der Waals surface area contributed by atoms with Gasteiger partial charge in [0, 0.05) is 7.05 Å². The van der Waals surface area contributed by atoms with Crippen LogP contribution in [-0.2, 0) is 14.3 Å². The second-order valence-corrected chi connectivity index (χ2v) is 5.85. The van der Waals surface area contributed by atoms with Crippen molar-refractivity contribution in [3.8, 4) is 0 Å². The van der Waals surface area contributed by atoms with Gasteiger partial charge in [0.1, 0.15) is 11.7 Å². The number of carbonyl (C=O) groups excluding carboxylic acids is 2. The number of amides is 2. The molecule has 22 heavy (non-hydrogen) atoms. The molecule has 0 spiro atoms. The van der Waals surface area contributed by atoms with Crippen molar-refractivity contribution in [3.63, 3.8) is 0 Å². The normalized spacial score (nSPS) is 36.5. The second kappa shape index (κ2) is 5.00. The molecule has 3 saturated heterocycles. The zero-order valence-corrected chi connectivity index (χ0v) is 12.4. The van der Waals surface area contributed by atoms with E-state index in [1.807, 2.05) is 0 Å². The average Bonchev–Trinajstić information content (AvgIpc) is 2.48. The molecule has 9 heteroatoms. The molecule has 0 saturated carbocycles. The van der Waals surface area contributed by atoms with Gasteiger partial charge in [-0.15, -0.1) is 0 Å². The summed E-state index contributed by atoms with van der Waals surface area (Å²) in [5.41, 5.74) is -6.60. The molecule has 9 nitrogen and oxygen atoms in total. The number of nitrogens with zero attached hydrogens (tertiary/aromatic N) is 1. The van der Waals surface area contributed by atoms with Gasteiger partial charge in [-0.3, -0.25) is 9.59 Å². The van der Waals surface area contributed by atoms with Crippen LogP contribution in [0.5, 0.6) is 0 Å². The highest BCUT2D eigenvalue weighted by atomic mass is 16.5. The highest BCUT2D eigenvalue weighted by Gasteiger charge is 2.65. The number of nitrogens with one attached hydrogen (secondary N) is 1. The molecule has 3 rings (SSSR count). The summed E-state index contributed by atoms with van der Waals surface area (Å²) in [6.07, 6.45) is -1.89. The van der Waals surface area contributed by atoms with Crippen molar-refractivity contribution in [1.82, 2.24) is 10.2 Å². The Kier molecular flexibility index (Phi) is 3.83. The summed E-state index contributed by atoms with van der Waals surface area (Å²) in [6.45, 7) is 3.69. The number of likely N-dealkylation sites (N-methyl/N-ethyl adjacent to an activating group) is 1. The molecule has 3 aliphatic rings. The lowest BCUT2D eigenvalue weighted by Gasteiger charge is -2.53. The van der Waals surface area contributed by atoms with Crippen LogP contribution >= 0.6 is 0 Å². The lowest BCUT2D eigenvalue weighted by atomic mass is 9.84. The van der Waals surface area contributed by atoms with E-state index in [-0.39, 0.29) is 18.6 Å². The largest absolute Gasteiger partial charge is 0.393 e. The Morgan fingerprint density at radius 3 is 2.68 bits per heavy atom. The van der Waals surface area contributed by atoms with E-state index in [1.54, 1.807) is 0 Å². The monoisotopic (exact) mass is 316 g/mol. The Labute approximate surface area is 126 Å². The fourth-order valence-corrected chi connectivity index (χ4v) is 2.65. The molecule has 3 fully saturated rings. The van der Waals surface area contributed by atoms with Crippen molar-refractivity contribution >= 4 is 11.8 Å². The maximum atomic E-state index is 12.6. The van der Waals surface area contributed by atoms with E-state index in [4.69, 9.17) is 4.74 Å². The van der Waals surface area contributed by atoms with Crippen LogP contribution in [0.1, 0.15) is 13.3 Å². The number of aliphatic hydroxyl groups is 4. The summed E-state index contributed by atoms with van der Waals surface area (Å²) < 4.78 is 5.36. The first-order chi connectivity index (χ1) is 10.0. The number of ether oxygens (including phenoxy) is 1. The van der Waals surface area contributed by atoms with E-state index in [9.17, 15) is 30.0 Å². The summed E-state index contributed by atoms with van der Waals surface area (Å²) >= 11 is 0. The summed E-state index contributed by atoms with van der Waals surface area (Å²) in [4.78, 5) is 25.6. The molecule has 4 atom stereocenters. The van der Waals surface area contributed by atoms with Crippen LogP contribution < -0.4 is 5.32 Å². The first-order valence-corrected chi connectivity index (χ1v) is 6.71. The molecule has 2 amide bonds. The van der Waals surface area contributed by atoms with Crippen LogP contribution in [0, 0.1) is 0 Å². The molecule has 5 N–H and O–H groups in total. The maximum Gasteiger partial charge on any atom is 0.281 e.